The Morgan fingerprint density at radius 1 is 1.26 bits per heavy atom. The lowest BCUT2D eigenvalue weighted by Gasteiger charge is -2.25. The summed E-state index contributed by atoms with van der Waals surface area (Å²) in [5, 5.41) is 6.64. The lowest BCUT2D eigenvalue weighted by atomic mass is 10.3. The van der Waals surface area contributed by atoms with Gasteiger partial charge in [0.15, 0.2) is 5.96 Å². The highest BCUT2D eigenvalue weighted by Crippen LogP contribution is 2.17. The number of guanidine groups is 1. The van der Waals surface area contributed by atoms with Gasteiger partial charge < -0.3 is 24.8 Å². The van der Waals surface area contributed by atoms with Crippen LogP contribution in [0, 0.1) is 0 Å². The molecule has 1 aromatic carbocycles. The van der Waals surface area contributed by atoms with Crippen LogP contribution in [0.4, 0.5) is 5.69 Å². The van der Waals surface area contributed by atoms with Gasteiger partial charge in [-0.1, -0.05) is 6.07 Å². The normalized spacial score (nSPS) is 15.1. The lowest BCUT2D eigenvalue weighted by molar-refractivity contribution is 0.0394. The van der Waals surface area contributed by atoms with E-state index in [1.54, 1.807) is 7.11 Å². The van der Waals surface area contributed by atoms with Crippen molar-refractivity contribution in [3.05, 3.63) is 24.3 Å². The Hall–Kier alpha value is -1.10. The molecule has 0 aromatic heterocycles. The number of halogens is 1. The molecule has 154 valence electrons. The average Bonchev–Trinajstić information content (AvgIpc) is 2.67. The van der Waals surface area contributed by atoms with E-state index in [-0.39, 0.29) is 24.0 Å². The molecule has 1 aromatic rings. The van der Waals surface area contributed by atoms with Crippen molar-refractivity contribution in [3.63, 3.8) is 0 Å². The van der Waals surface area contributed by atoms with Crippen molar-refractivity contribution in [3.8, 4) is 5.75 Å². The molecule has 0 atom stereocenters. The highest BCUT2D eigenvalue weighted by molar-refractivity contribution is 14.0. The van der Waals surface area contributed by atoms with Crippen LogP contribution < -0.4 is 15.4 Å². The lowest BCUT2D eigenvalue weighted by Crippen LogP contribution is -2.38. The summed E-state index contributed by atoms with van der Waals surface area (Å²) in [6.45, 7) is 9.54. The molecule has 1 aliphatic rings. The number of methoxy groups -OCH3 is 1. The quantitative estimate of drug-likeness (QED) is 0.227. The van der Waals surface area contributed by atoms with E-state index in [4.69, 9.17) is 14.2 Å². The number of rotatable bonds is 10. The number of benzene rings is 1. The second kappa shape index (κ2) is 14.9. The van der Waals surface area contributed by atoms with Crippen LogP contribution in [0.3, 0.4) is 0 Å². The van der Waals surface area contributed by atoms with Gasteiger partial charge in [-0.25, -0.2) is 0 Å². The number of hydrogen-bond acceptors (Lipinski definition) is 5. The first-order chi connectivity index (χ1) is 12.8. The molecule has 2 rings (SSSR count). The highest BCUT2D eigenvalue weighted by Gasteiger charge is 2.09. The summed E-state index contributed by atoms with van der Waals surface area (Å²) < 4.78 is 16.2. The number of anilines is 1. The van der Waals surface area contributed by atoms with E-state index >= 15 is 0 Å². The molecule has 7 nitrogen and oxygen atoms in total. The summed E-state index contributed by atoms with van der Waals surface area (Å²) in [5.41, 5.74) is 0.959. The Balaban J connectivity index is 0.00000364. The summed E-state index contributed by atoms with van der Waals surface area (Å²) in [5.74, 6) is 1.63. The fourth-order valence-electron chi connectivity index (χ4n) is 2.63. The van der Waals surface area contributed by atoms with Crippen LogP contribution in [0.2, 0.25) is 0 Å². The molecule has 1 aliphatic heterocycles. The molecule has 8 heteroatoms. The topological polar surface area (TPSA) is 67.4 Å². The van der Waals surface area contributed by atoms with E-state index in [1.807, 2.05) is 24.3 Å². The fourth-order valence-corrected chi connectivity index (χ4v) is 2.63. The molecule has 1 fully saturated rings. The minimum Gasteiger partial charge on any atom is -0.493 e. The Bertz CT molecular complexity index is 539. The third kappa shape index (κ3) is 10.1. The largest absolute Gasteiger partial charge is 0.493 e. The zero-order valence-corrected chi connectivity index (χ0v) is 18.7. The predicted molar refractivity (Wildman–Crippen MR) is 121 cm³/mol. The maximum atomic E-state index is 5.75. The third-order valence-corrected chi connectivity index (χ3v) is 3.99. The molecular formula is C19H33IN4O3. The first-order valence-corrected chi connectivity index (χ1v) is 9.39. The molecular weight excluding hydrogens is 459 g/mol. The van der Waals surface area contributed by atoms with Crippen LogP contribution in [-0.2, 0) is 9.47 Å². The summed E-state index contributed by atoms with van der Waals surface area (Å²) in [7, 11) is 1.70. The van der Waals surface area contributed by atoms with Gasteiger partial charge in [0.2, 0.25) is 0 Å². The number of aliphatic imine (C=N–C) groups is 1. The number of nitrogens with one attached hydrogen (secondary N) is 2. The predicted octanol–water partition coefficient (Wildman–Crippen LogP) is 2.43. The van der Waals surface area contributed by atoms with Gasteiger partial charge in [-0.15, -0.1) is 24.0 Å². The second-order valence-corrected chi connectivity index (χ2v) is 6.06. The zero-order valence-electron chi connectivity index (χ0n) is 16.4. The summed E-state index contributed by atoms with van der Waals surface area (Å²) >= 11 is 0. The zero-order chi connectivity index (χ0) is 18.5. The van der Waals surface area contributed by atoms with Crippen molar-refractivity contribution in [2.45, 2.75) is 13.3 Å². The van der Waals surface area contributed by atoms with E-state index < -0.39 is 0 Å². The monoisotopic (exact) mass is 492 g/mol. The second-order valence-electron chi connectivity index (χ2n) is 6.06. The Morgan fingerprint density at radius 2 is 2.07 bits per heavy atom. The molecule has 0 aliphatic carbocycles. The van der Waals surface area contributed by atoms with Crippen LogP contribution in [0.1, 0.15) is 13.3 Å². The van der Waals surface area contributed by atoms with Crippen molar-refractivity contribution < 1.29 is 14.2 Å². The van der Waals surface area contributed by atoms with E-state index in [0.717, 1.165) is 69.8 Å². The first-order valence-electron chi connectivity index (χ1n) is 9.39. The molecule has 1 saturated heterocycles. The molecule has 0 amide bonds. The molecule has 27 heavy (non-hydrogen) atoms. The van der Waals surface area contributed by atoms with E-state index in [2.05, 4.69) is 27.4 Å². The van der Waals surface area contributed by atoms with E-state index in [9.17, 15) is 0 Å². The maximum Gasteiger partial charge on any atom is 0.195 e. The number of hydrogen-bond donors (Lipinski definition) is 2. The maximum absolute atomic E-state index is 5.75. The molecule has 0 unspecified atom stereocenters. The molecule has 0 bridgehead atoms. The van der Waals surface area contributed by atoms with Crippen molar-refractivity contribution in [1.82, 2.24) is 10.2 Å². The van der Waals surface area contributed by atoms with Gasteiger partial charge in [0, 0.05) is 58.1 Å². The standard InChI is InChI=1S/C19H32N4O3.HI/c1-3-20-19(21-8-9-23-10-14-25-15-11-23)22-17-6-4-7-18(16-17)26-13-5-12-24-2;/h4,6-7,16H,3,5,8-15H2,1-2H3,(H2,20,21,22);1H. The molecule has 1 heterocycles. The van der Waals surface area contributed by atoms with Crippen molar-refractivity contribution in [2.24, 2.45) is 4.99 Å². The summed E-state index contributed by atoms with van der Waals surface area (Å²) in [6, 6.07) is 7.93. The van der Waals surface area contributed by atoms with Crippen LogP contribution >= 0.6 is 24.0 Å². The Kier molecular flexibility index (Phi) is 13.2. The van der Waals surface area contributed by atoms with Gasteiger partial charge in [0.1, 0.15) is 5.75 Å². The van der Waals surface area contributed by atoms with Gasteiger partial charge in [-0.2, -0.15) is 0 Å². The van der Waals surface area contributed by atoms with Crippen LogP contribution in [0.15, 0.2) is 29.3 Å². The molecule has 0 radical (unpaired) electrons. The van der Waals surface area contributed by atoms with Crippen LogP contribution in [0.5, 0.6) is 5.75 Å². The van der Waals surface area contributed by atoms with Gasteiger partial charge >= 0.3 is 0 Å². The minimum atomic E-state index is 0. The van der Waals surface area contributed by atoms with E-state index in [1.165, 1.54) is 0 Å². The Morgan fingerprint density at radius 3 is 2.81 bits per heavy atom. The SMILES string of the molecule is CCNC(=NCCN1CCOCC1)Nc1cccc(OCCCOC)c1.I. The fraction of sp³-hybridized carbons (Fsp3) is 0.632. The van der Waals surface area contributed by atoms with Crippen LogP contribution in [0.25, 0.3) is 0 Å². The highest BCUT2D eigenvalue weighted by atomic mass is 127. The average molecular weight is 492 g/mol. The van der Waals surface area contributed by atoms with Gasteiger partial charge in [0.05, 0.1) is 26.4 Å². The Labute approximate surface area is 179 Å². The van der Waals surface area contributed by atoms with E-state index in [0.29, 0.717) is 13.2 Å². The first kappa shape index (κ1) is 23.9. The number of ether oxygens (including phenoxy) is 3. The van der Waals surface area contributed by atoms with Gasteiger partial charge in [-0.3, -0.25) is 9.89 Å². The summed E-state index contributed by atoms with van der Waals surface area (Å²) in [6.07, 6.45) is 0.875. The van der Waals surface area contributed by atoms with Crippen molar-refractivity contribution >= 4 is 35.6 Å². The molecule has 2 N–H and O–H groups in total. The number of morpholine rings is 1. The summed E-state index contributed by atoms with van der Waals surface area (Å²) in [4.78, 5) is 7.05. The van der Waals surface area contributed by atoms with Crippen molar-refractivity contribution in [1.29, 1.82) is 0 Å². The minimum absolute atomic E-state index is 0. The molecule has 0 saturated carbocycles. The van der Waals surface area contributed by atoms with Gasteiger partial charge in [0.25, 0.3) is 0 Å². The smallest absolute Gasteiger partial charge is 0.195 e. The van der Waals surface area contributed by atoms with Crippen LogP contribution in [-0.4, -0.2) is 77.1 Å². The molecule has 0 spiro atoms. The van der Waals surface area contributed by atoms with Gasteiger partial charge in [-0.05, 0) is 19.1 Å². The van der Waals surface area contributed by atoms with Crippen molar-refractivity contribution in [2.75, 3.05) is 71.6 Å². The third-order valence-electron chi connectivity index (χ3n) is 3.99. The number of nitrogens with zero attached hydrogens (tertiary/aromatic N) is 2.